The number of aromatic nitrogens is 3. The lowest BCUT2D eigenvalue weighted by atomic mass is 9.61. The average Bonchev–Trinajstić information content (AvgIpc) is 3.45. The standard InChI is InChI=1S/C45H37N3/c1-44(2)23-25-45(26-24-44)39-18-9-8-17-37(39)38-22-21-34(29-40(38)45)33-15-10-16-35(28-33)42-46-41(31-12-4-3-5-13-31)47-43(48-42)36-20-19-30-11-6-7-14-32(30)27-36/h3-22,27-29H,23-26H2,1-2H3/i25D2,26D2. The molecule has 6 aromatic carbocycles. The number of hydrogen-bond donors (Lipinski definition) is 0. The second-order valence-electron chi connectivity index (χ2n) is 13.7. The zero-order valence-corrected chi connectivity index (χ0v) is 27.0. The van der Waals surface area contributed by atoms with E-state index >= 15 is 0 Å². The predicted molar refractivity (Wildman–Crippen MR) is 198 cm³/mol. The molecule has 0 amide bonds. The summed E-state index contributed by atoms with van der Waals surface area (Å²) in [5, 5.41) is 2.26. The van der Waals surface area contributed by atoms with Crippen LogP contribution in [-0.2, 0) is 5.41 Å². The smallest absolute Gasteiger partial charge is 0.164 e. The third-order valence-electron chi connectivity index (χ3n) is 9.84. The zero-order chi connectivity index (χ0) is 35.9. The Morgan fingerprint density at radius 1 is 0.458 bits per heavy atom. The molecule has 0 unspecified atom stereocenters. The van der Waals surface area contributed by atoms with Crippen LogP contribution in [0, 0.1) is 5.41 Å². The van der Waals surface area contributed by atoms with Crippen molar-refractivity contribution in [1.82, 2.24) is 15.0 Å². The van der Waals surface area contributed by atoms with Gasteiger partial charge in [-0.25, -0.2) is 15.0 Å². The SMILES string of the molecule is [2H]C1([2H])CC(C)(C)CC([2H])([2H])C12c1ccccc1-c1ccc(-c3cccc(-c4nc(-c5ccccc5)nc(-c5ccc6ccccc6c5)n4)c3)cc12. The van der Waals surface area contributed by atoms with Crippen molar-refractivity contribution in [2.24, 2.45) is 5.41 Å². The van der Waals surface area contributed by atoms with E-state index in [0.717, 1.165) is 55.3 Å². The van der Waals surface area contributed by atoms with Gasteiger partial charge < -0.3 is 0 Å². The van der Waals surface area contributed by atoms with Gasteiger partial charge in [-0.2, -0.15) is 0 Å². The van der Waals surface area contributed by atoms with Gasteiger partial charge in [-0.05, 0) is 93.4 Å². The maximum Gasteiger partial charge on any atom is 0.164 e. The van der Waals surface area contributed by atoms with Gasteiger partial charge in [0.05, 0.1) is 0 Å². The van der Waals surface area contributed by atoms with E-state index < -0.39 is 23.6 Å². The van der Waals surface area contributed by atoms with Crippen molar-refractivity contribution >= 4 is 10.8 Å². The maximum atomic E-state index is 9.60. The Bertz CT molecular complexity index is 2510. The van der Waals surface area contributed by atoms with E-state index in [-0.39, 0.29) is 12.8 Å². The summed E-state index contributed by atoms with van der Waals surface area (Å²) in [6, 6.07) is 46.5. The van der Waals surface area contributed by atoms with Crippen LogP contribution < -0.4 is 0 Å². The molecule has 3 nitrogen and oxygen atoms in total. The summed E-state index contributed by atoms with van der Waals surface area (Å²) in [5.74, 6) is 1.72. The Morgan fingerprint density at radius 2 is 1.02 bits per heavy atom. The predicted octanol–water partition coefficient (Wildman–Crippen LogP) is 11.6. The number of nitrogens with zero attached hydrogens (tertiary/aromatic N) is 3. The molecule has 48 heavy (non-hydrogen) atoms. The van der Waals surface area contributed by atoms with Gasteiger partial charge >= 0.3 is 0 Å². The first-order valence-electron chi connectivity index (χ1n) is 18.6. The molecule has 1 heterocycles. The highest BCUT2D eigenvalue weighted by molar-refractivity contribution is 5.87. The summed E-state index contributed by atoms with van der Waals surface area (Å²) in [7, 11) is 0. The number of hydrogen-bond acceptors (Lipinski definition) is 3. The minimum Gasteiger partial charge on any atom is -0.208 e. The Morgan fingerprint density at radius 3 is 1.81 bits per heavy atom. The summed E-state index contributed by atoms with van der Waals surface area (Å²) in [5.41, 5.74) is 5.73. The monoisotopic (exact) mass is 623 g/mol. The minimum atomic E-state index is -1.84. The lowest BCUT2D eigenvalue weighted by molar-refractivity contribution is 0.188. The lowest BCUT2D eigenvalue weighted by Crippen LogP contribution is -2.34. The molecule has 1 fully saturated rings. The van der Waals surface area contributed by atoms with Crippen molar-refractivity contribution in [3.8, 4) is 56.4 Å². The molecule has 2 aliphatic rings. The molecule has 7 aromatic rings. The topological polar surface area (TPSA) is 38.7 Å². The molecule has 3 heteroatoms. The van der Waals surface area contributed by atoms with Crippen LogP contribution >= 0.6 is 0 Å². The minimum absolute atomic E-state index is 0.260. The van der Waals surface area contributed by atoms with Gasteiger partial charge in [0.15, 0.2) is 17.5 Å². The first-order chi connectivity index (χ1) is 25.0. The van der Waals surface area contributed by atoms with Crippen molar-refractivity contribution in [2.75, 3.05) is 0 Å². The van der Waals surface area contributed by atoms with Crippen molar-refractivity contribution in [3.63, 3.8) is 0 Å². The molecule has 0 bridgehead atoms. The highest BCUT2D eigenvalue weighted by Crippen LogP contribution is 2.58. The Kier molecular flexibility index (Phi) is 5.71. The van der Waals surface area contributed by atoms with Gasteiger partial charge in [0.25, 0.3) is 0 Å². The normalized spacial score (nSPS) is 19.0. The van der Waals surface area contributed by atoms with Crippen LogP contribution in [0.4, 0.5) is 0 Å². The van der Waals surface area contributed by atoms with Crippen LogP contribution in [0.3, 0.4) is 0 Å². The number of rotatable bonds is 4. The van der Waals surface area contributed by atoms with Crippen LogP contribution in [0.5, 0.6) is 0 Å². The van der Waals surface area contributed by atoms with E-state index in [1.54, 1.807) is 0 Å². The fraction of sp³-hybridized carbons (Fsp3) is 0.178. The van der Waals surface area contributed by atoms with Crippen LogP contribution in [-0.4, -0.2) is 15.0 Å². The van der Waals surface area contributed by atoms with Crippen LogP contribution in [0.25, 0.3) is 67.2 Å². The van der Waals surface area contributed by atoms with Crippen LogP contribution in [0.2, 0.25) is 0 Å². The van der Waals surface area contributed by atoms with Crippen molar-refractivity contribution in [1.29, 1.82) is 0 Å². The average molecular weight is 624 g/mol. The van der Waals surface area contributed by atoms with E-state index in [9.17, 15) is 5.48 Å². The quantitative estimate of drug-likeness (QED) is 0.196. The fourth-order valence-corrected chi connectivity index (χ4v) is 7.23. The molecule has 0 radical (unpaired) electrons. The van der Waals surface area contributed by atoms with Crippen molar-refractivity contribution < 1.29 is 5.48 Å². The highest BCUT2D eigenvalue weighted by atomic mass is 15.0. The summed E-state index contributed by atoms with van der Waals surface area (Å²) in [6.45, 7) is 3.96. The van der Waals surface area contributed by atoms with E-state index in [0.29, 0.717) is 23.0 Å². The summed E-state index contributed by atoms with van der Waals surface area (Å²) in [4.78, 5) is 14.9. The summed E-state index contributed by atoms with van der Waals surface area (Å²) < 4.78 is 38.4. The Balaban J connectivity index is 1.19. The zero-order valence-electron chi connectivity index (χ0n) is 31.0. The highest BCUT2D eigenvalue weighted by Gasteiger charge is 2.46. The van der Waals surface area contributed by atoms with E-state index in [1.807, 2.05) is 111 Å². The molecule has 1 aromatic heterocycles. The molecule has 1 spiro atoms. The maximum absolute atomic E-state index is 9.60. The molecule has 0 saturated heterocycles. The third-order valence-corrected chi connectivity index (χ3v) is 9.84. The van der Waals surface area contributed by atoms with E-state index in [4.69, 9.17) is 15.0 Å². The van der Waals surface area contributed by atoms with Crippen LogP contribution in [0.15, 0.2) is 140 Å². The molecule has 1 saturated carbocycles. The first-order valence-corrected chi connectivity index (χ1v) is 16.6. The molecule has 2 aliphatic carbocycles. The van der Waals surface area contributed by atoms with E-state index in [1.165, 1.54) is 0 Å². The molecule has 0 atom stereocenters. The third kappa shape index (κ3) is 4.85. The largest absolute Gasteiger partial charge is 0.208 e. The van der Waals surface area contributed by atoms with Gasteiger partial charge in [-0.3, -0.25) is 0 Å². The Labute approximate surface area is 288 Å². The Hall–Kier alpha value is -5.41. The number of benzene rings is 6. The van der Waals surface area contributed by atoms with Gasteiger partial charge in [0.2, 0.25) is 0 Å². The summed E-state index contributed by atoms with van der Waals surface area (Å²) in [6.07, 6.45) is -3.15. The van der Waals surface area contributed by atoms with Gasteiger partial charge in [-0.1, -0.05) is 135 Å². The molecular formula is C45H37N3. The lowest BCUT2D eigenvalue weighted by Gasteiger charge is -2.43. The number of fused-ring (bicyclic) bond motifs is 6. The molecular weight excluding hydrogens is 583 g/mol. The molecule has 9 rings (SSSR count). The second-order valence-corrected chi connectivity index (χ2v) is 13.7. The van der Waals surface area contributed by atoms with Gasteiger partial charge in [-0.15, -0.1) is 0 Å². The van der Waals surface area contributed by atoms with Gasteiger partial charge in [0, 0.05) is 27.6 Å². The molecule has 0 aliphatic heterocycles. The fourth-order valence-electron chi connectivity index (χ4n) is 7.23. The molecule has 232 valence electrons. The summed E-state index contributed by atoms with van der Waals surface area (Å²) >= 11 is 0. The van der Waals surface area contributed by atoms with Crippen molar-refractivity contribution in [3.05, 3.63) is 151 Å². The molecule has 0 N–H and O–H groups in total. The first kappa shape index (κ1) is 24.7. The van der Waals surface area contributed by atoms with E-state index in [2.05, 4.69) is 42.5 Å². The second kappa shape index (κ2) is 11.1. The van der Waals surface area contributed by atoms with Crippen molar-refractivity contribution in [2.45, 2.75) is 44.8 Å². The van der Waals surface area contributed by atoms with Crippen LogP contribution in [0.1, 0.15) is 56.0 Å². The van der Waals surface area contributed by atoms with Gasteiger partial charge in [0.1, 0.15) is 0 Å².